The van der Waals surface area contributed by atoms with Crippen molar-refractivity contribution in [2.24, 2.45) is 0 Å². The first-order valence-electron chi connectivity index (χ1n) is 9.44. The number of halogens is 1. The van der Waals surface area contributed by atoms with Gasteiger partial charge in [0.15, 0.2) is 0 Å². The van der Waals surface area contributed by atoms with Crippen molar-refractivity contribution >= 4 is 27.4 Å². The van der Waals surface area contributed by atoms with Gasteiger partial charge in [-0.25, -0.2) is 18.4 Å². The van der Waals surface area contributed by atoms with Crippen LogP contribution in [0.3, 0.4) is 0 Å². The van der Waals surface area contributed by atoms with Crippen LogP contribution in [0.15, 0.2) is 29.2 Å². The summed E-state index contributed by atoms with van der Waals surface area (Å²) >= 11 is 6.19. The van der Waals surface area contributed by atoms with E-state index < -0.39 is 10.0 Å². The Balaban J connectivity index is 1.75. The maximum Gasteiger partial charge on any atom is 0.245 e. The summed E-state index contributed by atoms with van der Waals surface area (Å²) in [6, 6.07) is 6.18. The fourth-order valence-corrected chi connectivity index (χ4v) is 6.15. The number of hydrogen-bond donors (Lipinski definition) is 1. The predicted octanol–water partition coefficient (Wildman–Crippen LogP) is 2.69. The zero-order valence-electron chi connectivity index (χ0n) is 16.0. The van der Waals surface area contributed by atoms with Crippen molar-refractivity contribution in [1.29, 1.82) is 0 Å². The van der Waals surface area contributed by atoms with E-state index >= 15 is 0 Å². The van der Waals surface area contributed by atoms with Crippen molar-refractivity contribution in [1.82, 2.24) is 19.2 Å². The number of rotatable bonds is 4. The van der Waals surface area contributed by atoms with Crippen LogP contribution in [0.4, 0.5) is 5.82 Å². The zero-order valence-corrected chi connectivity index (χ0v) is 17.6. The molecule has 0 radical (unpaired) electrons. The molecule has 1 saturated heterocycles. The van der Waals surface area contributed by atoms with E-state index in [-0.39, 0.29) is 16.0 Å². The first kappa shape index (κ1) is 19.6. The molecule has 3 heterocycles. The second kappa shape index (κ2) is 7.59. The number of sulfonamides is 1. The predicted molar refractivity (Wildman–Crippen MR) is 109 cm³/mol. The van der Waals surface area contributed by atoms with Gasteiger partial charge in [-0.05, 0) is 38.4 Å². The molecule has 1 unspecified atom stereocenters. The second-order valence-corrected chi connectivity index (χ2v) is 9.56. The minimum Gasteiger partial charge on any atom is -0.373 e. The average Bonchev–Trinajstić information content (AvgIpc) is 3.17. The van der Waals surface area contributed by atoms with Gasteiger partial charge < -0.3 is 10.2 Å². The van der Waals surface area contributed by atoms with E-state index in [9.17, 15) is 8.42 Å². The molecule has 1 aromatic carbocycles. The molecule has 0 saturated carbocycles. The Morgan fingerprint density at radius 3 is 2.75 bits per heavy atom. The fraction of sp³-hybridized carbons (Fsp3) is 0.474. The number of hydrogen-bond acceptors (Lipinski definition) is 6. The quantitative estimate of drug-likeness (QED) is 0.817. The summed E-state index contributed by atoms with van der Waals surface area (Å²) in [5.41, 5.74) is 2.10. The molecule has 1 fully saturated rings. The van der Waals surface area contributed by atoms with Gasteiger partial charge in [-0.2, -0.15) is 4.31 Å². The van der Waals surface area contributed by atoms with Gasteiger partial charge in [-0.15, -0.1) is 0 Å². The minimum atomic E-state index is -3.73. The summed E-state index contributed by atoms with van der Waals surface area (Å²) in [6.07, 6.45) is 2.35. The van der Waals surface area contributed by atoms with Gasteiger partial charge in [-0.3, -0.25) is 0 Å². The Labute approximate surface area is 170 Å². The highest BCUT2D eigenvalue weighted by Crippen LogP contribution is 2.38. The third-order valence-electron chi connectivity index (χ3n) is 5.44. The van der Waals surface area contributed by atoms with Crippen LogP contribution in [0.2, 0.25) is 5.02 Å². The maximum atomic E-state index is 13.3. The first-order chi connectivity index (χ1) is 13.4. The largest absolute Gasteiger partial charge is 0.373 e. The lowest BCUT2D eigenvalue weighted by molar-refractivity contribution is 0.304. The van der Waals surface area contributed by atoms with E-state index in [1.165, 1.54) is 4.31 Å². The van der Waals surface area contributed by atoms with Crippen molar-refractivity contribution in [2.75, 3.05) is 32.5 Å². The minimum absolute atomic E-state index is 0.134. The molecular weight excluding hydrogens is 398 g/mol. The molecule has 1 atom stereocenters. The van der Waals surface area contributed by atoms with Crippen LogP contribution in [0.1, 0.15) is 36.0 Å². The van der Waals surface area contributed by atoms with E-state index in [1.807, 2.05) is 7.05 Å². The smallest absolute Gasteiger partial charge is 0.245 e. The van der Waals surface area contributed by atoms with Crippen molar-refractivity contribution in [3.05, 3.63) is 46.4 Å². The summed E-state index contributed by atoms with van der Waals surface area (Å²) < 4.78 is 28.1. The van der Waals surface area contributed by atoms with E-state index in [0.29, 0.717) is 18.8 Å². The lowest BCUT2D eigenvalue weighted by atomic mass is 10.1. The van der Waals surface area contributed by atoms with Crippen molar-refractivity contribution < 1.29 is 8.42 Å². The average molecular weight is 422 g/mol. The van der Waals surface area contributed by atoms with Crippen LogP contribution in [0.25, 0.3) is 0 Å². The Bertz CT molecular complexity index is 998. The molecule has 1 aromatic heterocycles. The third kappa shape index (κ3) is 3.39. The molecule has 9 heteroatoms. The van der Waals surface area contributed by atoms with Crippen molar-refractivity contribution in [3.63, 3.8) is 0 Å². The van der Waals surface area contributed by atoms with Gasteiger partial charge >= 0.3 is 0 Å². The molecular formula is C19H24ClN5O2S. The van der Waals surface area contributed by atoms with E-state index in [0.717, 1.165) is 43.0 Å². The summed E-state index contributed by atoms with van der Waals surface area (Å²) in [5.74, 6) is 1.36. The Morgan fingerprint density at radius 2 is 2.00 bits per heavy atom. The van der Waals surface area contributed by atoms with E-state index in [4.69, 9.17) is 21.6 Å². The molecule has 7 nitrogen and oxygen atoms in total. The standard InChI is InChI=1S/C19H24ClN5O2S/c1-21-18-13-9-11-24(2)12-15(13)22-19(23-18)16-7-5-10-25(16)28(26,27)17-8-4-3-6-14(17)20/h3-4,6,8,16H,5,7,9-12H2,1-2H3,(H,21,22,23). The third-order valence-corrected chi connectivity index (χ3v) is 7.84. The Morgan fingerprint density at radius 1 is 1.21 bits per heavy atom. The SMILES string of the molecule is CNc1nc(C2CCCN2S(=O)(=O)c2ccccc2Cl)nc2c1CCN(C)C2. The molecule has 28 heavy (non-hydrogen) atoms. The molecule has 4 rings (SSSR count). The molecule has 1 N–H and O–H groups in total. The van der Waals surface area contributed by atoms with Crippen molar-refractivity contribution in [2.45, 2.75) is 36.7 Å². The number of anilines is 1. The van der Waals surface area contributed by atoms with E-state index in [1.54, 1.807) is 24.3 Å². The van der Waals surface area contributed by atoms with Crippen LogP contribution >= 0.6 is 11.6 Å². The van der Waals surface area contributed by atoms with Gasteiger partial charge in [0.1, 0.15) is 16.5 Å². The second-order valence-electron chi connectivity index (χ2n) is 7.30. The molecule has 0 spiro atoms. The van der Waals surface area contributed by atoms with Gasteiger partial charge in [-0.1, -0.05) is 23.7 Å². The summed E-state index contributed by atoms with van der Waals surface area (Å²) in [6.45, 7) is 2.14. The topological polar surface area (TPSA) is 78.4 Å². The zero-order chi connectivity index (χ0) is 19.9. The summed E-state index contributed by atoms with van der Waals surface area (Å²) in [7, 11) is 0.180. The van der Waals surface area contributed by atoms with Crippen LogP contribution in [-0.2, 0) is 23.0 Å². The molecule has 0 aliphatic carbocycles. The molecule has 2 aromatic rings. The fourth-order valence-electron chi connectivity index (χ4n) is 4.00. The Hall–Kier alpha value is -1.74. The molecule has 0 bridgehead atoms. The number of fused-ring (bicyclic) bond motifs is 1. The van der Waals surface area contributed by atoms with Crippen LogP contribution in [0.5, 0.6) is 0 Å². The summed E-state index contributed by atoms with van der Waals surface area (Å²) in [4.78, 5) is 11.9. The van der Waals surface area contributed by atoms with Crippen LogP contribution in [0, 0.1) is 0 Å². The maximum absolute atomic E-state index is 13.3. The van der Waals surface area contributed by atoms with E-state index in [2.05, 4.69) is 17.3 Å². The number of likely N-dealkylation sites (N-methyl/N-ethyl adjacent to an activating group) is 1. The molecule has 0 amide bonds. The first-order valence-corrected chi connectivity index (χ1v) is 11.3. The van der Waals surface area contributed by atoms with Gasteiger partial charge in [0.2, 0.25) is 10.0 Å². The lowest BCUT2D eigenvalue weighted by Crippen LogP contribution is -2.33. The summed E-state index contributed by atoms with van der Waals surface area (Å²) in [5, 5.41) is 3.40. The number of aromatic nitrogens is 2. The highest BCUT2D eigenvalue weighted by atomic mass is 35.5. The molecule has 150 valence electrons. The van der Waals surface area contributed by atoms with Gasteiger partial charge in [0.25, 0.3) is 0 Å². The molecule has 2 aliphatic rings. The highest BCUT2D eigenvalue weighted by molar-refractivity contribution is 7.89. The number of nitrogens with one attached hydrogen (secondary N) is 1. The highest BCUT2D eigenvalue weighted by Gasteiger charge is 2.39. The number of nitrogens with zero attached hydrogens (tertiary/aromatic N) is 4. The van der Waals surface area contributed by atoms with Crippen LogP contribution in [-0.4, -0.2) is 54.8 Å². The lowest BCUT2D eigenvalue weighted by Gasteiger charge is -2.28. The van der Waals surface area contributed by atoms with Gasteiger partial charge in [0, 0.05) is 32.2 Å². The normalized spacial score (nSPS) is 20.9. The number of benzene rings is 1. The van der Waals surface area contributed by atoms with Crippen molar-refractivity contribution in [3.8, 4) is 0 Å². The Kier molecular flexibility index (Phi) is 5.30. The van der Waals surface area contributed by atoms with Crippen LogP contribution < -0.4 is 5.32 Å². The molecule has 2 aliphatic heterocycles. The monoisotopic (exact) mass is 421 g/mol. The van der Waals surface area contributed by atoms with Gasteiger partial charge in [0.05, 0.1) is 16.8 Å².